The Bertz CT molecular complexity index is 246. The van der Waals surface area contributed by atoms with Gasteiger partial charge in [-0.2, -0.15) is 0 Å². The molecule has 1 heterocycles. The van der Waals surface area contributed by atoms with Crippen molar-refractivity contribution >= 4 is 16.7 Å². The minimum Gasteiger partial charge on any atom is -0.340 e. The van der Waals surface area contributed by atoms with Crippen LogP contribution >= 0.6 is 0 Å². The number of carbonyl (C=O) groups excluding carboxylic acids is 1. The lowest BCUT2D eigenvalue weighted by molar-refractivity contribution is -0.132. The summed E-state index contributed by atoms with van der Waals surface area (Å²) in [6, 6.07) is -0.392. The number of hydrogen-bond donors (Lipinski definition) is 1. The molecule has 0 saturated carbocycles. The topological polar surface area (TPSA) is 63.4 Å². The largest absolute Gasteiger partial charge is 0.340 e. The second-order valence-electron chi connectivity index (χ2n) is 4.41. The molecular formula is C10H20N2O2S. The molecule has 0 spiro atoms. The van der Waals surface area contributed by atoms with Gasteiger partial charge in [-0.15, -0.1) is 0 Å². The zero-order valence-electron chi connectivity index (χ0n) is 9.44. The number of nitrogens with two attached hydrogens (primary N) is 1. The van der Waals surface area contributed by atoms with Gasteiger partial charge in [-0.3, -0.25) is 9.00 Å². The Labute approximate surface area is 93.7 Å². The third kappa shape index (κ3) is 3.91. The van der Waals surface area contributed by atoms with E-state index >= 15 is 0 Å². The molecule has 1 amide bonds. The highest BCUT2D eigenvalue weighted by atomic mass is 32.2. The van der Waals surface area contributed by atoms with Crippen molar-refractivity contribution in [1.82, 2.24) is 4.90 Å². The third-order valence-electron chi connectivity index (χ3n) is 2.53. The van der Waals surface area contributed by atoms with Crippen molar-refractivity contribution in [2.75, 3.05) is 24.6 Å². The van der Waals surface area contributed by atoms with Crippen LogP contribution in [0.25, 0.3) is 0 Å². The highest BCUT2D eigenvalue weighted by molar-refractivity contribution is 7.85. The second kappa shape index (κ2) is 5.61. The standard InChI is InChI=1S/C10H20N2O2S/c1-8(2)7-9(11)10(13)12-3-5-15(14)6-4-12/h8-9H,3-7,11H2,1-2H3/t9-/m0/s1. The molecule has 1 aliphatic rings. The van der Waals surface area contributed by atoms with Crippen LogP contribution in [-0.2, 0) is 15.6 Å². The first-order valence-corrected chi connectivity index (χ1v) is 6.89. The molecule has 1 aliphatic heterocycles. The van der Waals surface area contributed by atoms with Gasteiger partial charge in [-0.1, -0.05) is 13.8 Å². The molecule has 5 heteroatoms. The van der Waals surface area contributed by atoms with E-state index in [0.29, 0.717) is 30.5 Å². The molecule has 2 N–H and O–H groups in total. The summed E-state index contributed by atoms with van der Waals surface area (Å²) in [4.78, 5) is 13.6. The van der Waals surface area contributed by atoms with Crippen molar-refractivity contribution in [1.29, 1.82) is 0 Å². The highest BCUT2D eigenvalue weighted by Crippen LogP contribution is 2.08. The Kier molecular flexibility index (Phi) is 4.73. The zero-order chi connectivity index (χ0) is 11.4. The van der Waals surface area contributed by atoms with Gasteiger partial charge in [0.25, 0.3) is 0 Å². The molecule has 1 fully saturated rings. The van der Waals surface area contributed by atoms with Gasteiger partial charge in [0, 0.05) is 35.4 Å². The fourth-order valence-corrected chi connectivity index (χ4v) is 2.75. The number of nitrogens with zero attached hydrogens (tertiary/aromatic N) is 1. The van der Waals surface area contributed by atoms with Crippen LogP contribution in [0, 0.1) is 5.92 Å². The van der Waals surface area contributed by atoms with Gasteiger partial charge in [0.05, 0.1) is 6.04 Å². The summed E-state index contributed by atoms with van der Waals surface area (Å²) in [6.07, 6.45) is 0.721. The molecular weight excluding hydrogens is 212 g/mol. The van der Waals surface area contributed by atoms with Gasteiger partial charge in [0.1, 0.15) is 0 Å². The first-order valence-electron chi connectivity index (χ1n) is 5.40. The molecule has 0 aliphatic carbocycles. The van der Waals surface area contributed by atoms with Crippen molar-refractivity contribution in [3.05, 3.63) is 0 Å². The lowest BCUT2D eigenvalue weighted by Crippen LogP contribution is -2.49. The Morgan fingerprint density at radius 1 is 1.40 bits per heavy atom. The van der Waals surface area contributed by atoms with E-state index in [4.69, 9.17) is 5.73 Å². The number of amides is 1. The van der Waals surface area contributed by atoms with Crippen molar-refractivity contribution in [3.8, 4) is 0 Å². The van der Waals surface area contributed by atoms with Gasteiger partial charge in [-0.05, 0) is 12.3 Å². The monoisotopic (exact) mass is 232 g/mol. The van der Waals surface area contributed by atoms with E-state index in [-0.39, 0.29) is 5.91 Å². The van der Waals surface area contributed by atoms with Gasteiger partial charge < -0.3 is 10.6 Å². The van der Waals surface area contributed by atoms with E-state index in [1.807, 2.05) is 0 Å². The fraction of sp³-hybridized carbons (Fsp3) is 0.900. The minimum absolute atomic E-state index is 0.0143. The smallest absolute Gasteiger partial charge is 0.239 e. The van der Waals surface area contributed by atoms with Crippen LogP contribution in [0.2, 0.25) is 0 Å². The van der Waals surface area contributed by atoms with E-state index in [2.05, 4.69) is 13.8 Å². The number of rotatable bonds is 3. The van der Waals surface area contributed by atoms with Gasteiger partial charge in [0.2, 0.25) is 5.91 Å². The van der Waals surface area contributed by atoms with Crippen LogP contribution < -0.4 is 5.73 Å². The van der Waals surface area contributed by atoms with Crippen LogP contribution in [0.5, 0.6) is 0 Å². The third-order valence-corrected chi connectivity index (χ3v) is 3.81. The summed E-state index contributed by atoms with van der Waals surface area (Å²) >= 11 is 0. The lowest BCUT2D eigenvalue weighted by atomic mass is 10.0. The maximum absolute atomic E-state index is 11.8. The van der Waals surface area contributed by atoms with Crippen molar-refractivity contribution < 1.29 is 9.00 Å². The molecule has 1 saturated heterocycles. The summed E-state index contributed by atoms with van der Waals surface area (Å²) in [7, 11) is -0.736. The molecule has 0 aromatic rings. The van der Waals surface area contributed by atoms with Crippen LogP contribution in [-0.4, -0.2) is 45.7 Å². The molecule has 88 valence electrons. The maximum atomic E-state index is 11.8. The molecule has 0 bridgehead atoms. The molecule has 0 aromatic heterocycles. The SMILES string of the molecule is CC(C)C[C@H](N)C(=O)N1CCS(=O)CC1. The summed E-state index contributed by atoms with van der Waals surface area (Å²) in [5.74, 6) is 1.64. The molecule has 15 heavy (non-hydrogen) atoms. The lowest BCUT2D eigenvalue weighted by Gasteiger charge is -2.29. The normalized spacial score (nSPS) is 20.7. The number of hydrogen-bond acceptors (Lipinski definition) is 3. The Morgan fingerprint density at radius 2 is 1.93 bits per heavy atom. The second-order valence-corrected chi connectivity index (χ2v) is 6.11. The molecule has 0 aromatic carbocycles. The Hall–Kier alpha value is -0.420. The zero-order valence-corrected chi connectivity index (χ0v) is 10.3. The van der Waals surface area contributed by atoms with E-state index in [1.54, 1.807) is 4.90 Å². The van der Waals surface area contributed by atoms with Crippen LogP contribution in [0.15, 0.2) is 0 Å². The number of carbonyl (C=O) groups is 1. The molecule has 0 radical (unpaired) electrons. The average molecular weight is 232 g/mol. The first kappa shape index (κ1) is 12.6. The van der Waals surface area contributed by atoms with Crippen molar-refractivity contribution in [3.63, 3.8) is 0 Å². The molecule has 0 unspecified atom stereocenters. The summed E-state index contributed by atoms with van der Waals surface area (Å²) < 4.78 is 11.1. The summed E-state index contributed by atoms with van der Waals surface area (Å²) in [5.41, 5.74) is 5.82. The van der Waals surface area contributed by atoms with E-state index in [9.17, 15) is 9.00 Å². The first-order chi connectivity index (χ1) is 7.00. The van der Waals surface area contributed by atoms with Gasteiger partial charge >= 0.3 is 0 Å². The van der Waals surface area contributed by atoms with E-state index < -0.39 is 16.8 Å². The van der Waals surface area contributed by atoms with Gasteiger partial charge in [0.15, 0.2) is 0 Å². The Balaban J connectivity index is 2.42. The Morgan fingerprint density at radius 3 is 2.40 bits per heavy atom. The van der Waals surface area contributed by atoms with Crippen LogP contribution in [0.4, 0.5) is 0 Å². The average Bonchev–Trinajstić information content (AvgIpc) is 2.17. The predicted molar refractivity (Wildman–Crippen MR) is 61.9 cm³/mol. The van der Waals surface area contributed by atoms with Crippen molar-refractivity contribution in [2.45, 2.75) is 26.3 Å². The van der Waals surface area contributed by atoms with Gasteiger partial charge in [-0.25, -0.2) is 0 Å². The fourth-order valence-electron chi connectivity index (χ4n) is 1.70. The maximum Gasteiger partial charge on any atom is 0.239 e. The van der Waals surface area contributed by atoms with Crippen LogP contribution in [0.1, 0.15) is 20.3 Å². The quantitative estimate of drug-likeness (QED) is 0.742. The van der Waals surface area contributed by atoms with Crippen LogP contribution in [0.3, 0.4) is 0 Å². The molecule has 1 rings (SSSR count). The summed E-state index contributed by atoms with van der Waals surface area (Å²) in [5, 5.41) is 0. The highest BCUT2D eigenvalue weighted by Gasteiger charge is 2.24. The molecule has 4 nitrogen and oxygen atoms in total. The summed E-state index contributed by atoms with van der Waals surface area (Å²) in [6.45, 7) is 5.30. The van der Waals surface area contributed by atoms with Crippen molar-refractivity contribution in [2.24, 2.45) is 11.7 Å². The van der Waals surface area contributed by atoms with E-state index in [1.165, 1.54) is 0 Å². The molecule has 1 atom stereocenters. The minimum atomic E-state index is -0.736. The predicted octanol–water partition coefficient (Wildman–Crippen LogP) is -0.0493. The van der Waals surface area contributed by atoms with E-state index in [0.717, 1.165) is 6.42 Å².